The Labute approximate surface area is 82.9 Å². The molecule has 0 aromatic heterocycles. The van der Waals surface area contributed by atoms with Crippen molar-refractivity contribution in [3.05, 3.63) is 12.2 Å². The number of hydrogen-bond acceptors (Lipinski definition) is 4. The standard InChI is InChI=1S/C10H13O4/c1-4-13-9(11)7-6(3)8(7)10(12)14-5-2/h3,7-8H,4-5H2,1-2H3/q+1. The van der Waals surface area contributed by atoms with Crippen LogP contribution in [0.5, 0.6) is 0 Å². The van der Waals surface area contributed by atoms with Crippen LogP contribution in [0.25, 0.3) is 0 Å². The molecule has 2 unspecified atom stereocenters. The summed E-state index contributed by atoms with van der Waals surface area (Å²) in [5.41, 5.74) is 0.349. The van der Waals surface area contributed by atoms with Crippen molar-refractivity contribution in [1.82, 2.24) is 0 Å². The van der Waals surface area contributed by atoms with Crippen molar-refractivity contribution in [2.45, 2.75) is 13.8 Å². The molecule has 4 heteroatoms. The molecule has 0 spiro atoms. The molecule has 0 heterocycles. The average Bonchev–Trinajstić information content (AvgIpc) is 2.78. The van der Waals surface area contributed by atoms with E-state index >= 15 is 0 Å². The first-order valence-electron chi connectivity index (χ1n) is 4.58. The van der Waals surface area contributed by atoms with Crippen molar-refractivity contribution in [2.75, 3.05) is 13.2 Å². The van der Waals surface area contributed by atoms with Gasteiger partial charge in [-0.3, -0.25) is 9.59 Å². The van der Waals surface area contributed by atoms with Crippen LogP contribution in [0, 0.1) is 18.4 Å². The lowest BCUT2D eigenvalue weighted by Gasteiger charge is -1.98. The van der Waals surface area contributed by atoms with E-state index < -0.39 is 23.8 Å². The van der Waals surface area contributed by atoms with Crippen molar-refractivity contribution < 1.29 is 19.1 Å². The second-order valence-corrected chi connectivity index (χ2v) is 2.96. The molecule has 0 saturated heterocycles. The number of carbonyl (C=O) groups excluding carboxylic acids is 2. The fourth-order valence-corrected chi connectivity index (χ4v) is 1.29. The fraction of sp³-hybridized carbons (Fsp3) is 0.600. The molecule has 1 aliphatic carbocycles. The van der Waals surface area contributed by atoms with Gasteiger partial charge in [-0.1, -0.05) is 0 Å². The molecule has 2 atom stereocenters. The van der Waals surface area contributed by atoms with Crippen LogP contribution in [0.3, 0.4) is 0 Å². The van der Waals surface area contributed by atoms with E-state index in [9.17, 15) is 9.59 Å². The van der Waals surface area contributed by atoms with Gasteiger partial charge in [0, 0.05) is 0 Å². The third-order valence-electron chi connectivity index (χ3n) is 2.02. The second kappa shape index (κ2) is 4.20. The average molecular weight is 197 g/mol. The number of hydrogen-bond donors (Lipinski definition) is 0. The van der Waals surface area contributed by atoms with Crippen LogP contribution in [-0.4, -0.2) is 25.2 Å². The first-order chi connectivity index (χ1) is 6.63. The molecule has 0 aromatic carbocycles. The van der Waals surface area contributed by atoms with Gasteiger partial charge in [-0.15, -0.1) is 0 Å². The molecule has 1 aliphatic rings. The highest BCUT2D eigenvalue weighted by Gasteiger charge is 2.63. The number of ether oxygens (including phenoxy) is 2. The molecule has 1 saturated carbocycles. The van der Waals surface area contributed by atoms with Crippen molar-refractivity contribution in [3.63, 3.8) is 0 Å². The third kappa shape index (κ3) is 1.91. The molecular weight excluding hydrogens is 184 g/mol. The van der Waals surface area contributed by atoms with Crippen LogP contribution < -0.4 is 0 Å². The highest BCUT2D eigenvalue weighted by atomic mass is 16.5. The highest BCUT2D eigenvalue weighted by Crippen LogP contribution is 2.45. The van der Waals surface area contributed by atoms with Crippen LogP contribution in [0.1, 0.15) is 13.8 Å². The Morgan fingerprint density at radius 2 is 1.50 bits per heavy atom. The van der Waals surface area contributed by atoms with Crippen LogP contribution in [0.15, 0.2) is 5.57 Å². The molecule has 0 bridgehead atoms. The van der Waals surface area contributed by atoms with E-state index in [1.54, 1.807) is 13.8 Å². The van der Waals surface area contributed by atoms with Gasteiger partial charge >= 0.3 is 11.9 Å². The lowest BCUT2D eigenvalue weighted by atomic mass is 10.3. The molecule has 0 amide bonds. The predicted octanol–water partition coefficient (Wildman–Crippen LogP) is 0.718. The van der Waals surface area contributed by atoms with Gasteiger partial charge in [-0.05, 0) is 13.8 Å². The normalized spacial score (nSPS) is 24.2. The Balaban J connectivity index is 2.49. The zero-order valence-electron chi connectivity index (χ0n) is 8.28. The molecule has 1 rings (SSSR count). The summed E-state index contributed by atoms with van der Waals surface area (Å²) in [7, 11) is 0. The molecule has 0 radical (unpaired) electrons. The molecule has 76 valence electrons. The third-order valence-corrected chi connectivity index (χ3v) is 2.02. The Bertz CT molecular complexity index is 243. The summed E-state index contributed by atoms with van der Waals surface area (Å²) in [6.07, 6.45) is 0. The minimum absolute atomic E-state index is 0.290. The van der Waals surface area contributed by atoms with Crippen LogP contribution in [0.4, 0.5) is 0 Å². The first-order valence-corrected chi connectivity index (χ1v) is 4.58. The van der Waals surface area contributed by atoms with E-state index in [0.717, 1.165) is 0 Å². The summed E-state index contributed by atoms with van der Waals surface area (Å²) < 4.78 is 9.49. The van der Waals surface area contributed by atoms with Crippen LogP contribution in [-0.2, 0) is 19.1 Å². The Kier molecular flexibility index (Phi) is 3.20. The van der Waals surface area contributed by atoms with Crippen LogP contribution >= 0.6 is 0 Å². The zero-order chi connectivity index (χ0) is 10.7. The van der Waals surface area contributed by atoms with Gasteiger partial charge in [0.1, 0.15) is 11.8 Å². The Morgan fingerprint density at radius 3 is 1.79 bits per heavy atom. The lowest BCUT2D eigenvalue weighted by Crippen LogP contribution is -2.13. The first kappa shape index (κ1) is 10.7. The van der Waals surface area contributed by atoms with Gasteiger partial charge < -0.3 is 9.47 Å². The maximum absolute atomic E-state index is 11.2. The van der Waals surface area contributed by atoms with Gasteiger partial charge in [-0.25, -0.2) is 0 Å². The van der Waals surface area contributed by atoms with Gasteiger partial charge in [0.05, 0.1) is 13.2 Å². The van der Waals surface area contributed by atoms with Gasteiger partial charge in [0.2, 0.25) is 6.58 Å². The molecule has 0 aliphatic heterocycles. The summed E-state index contributed by atoms with van der Waals surface area (Å²) >= 11 is 0. The Morgan fingerprint density at radius 1 is 1.14 bits per heavy atom. The molecule has 0 aromatic rings. The largest absolute Gasteiger partial charge is 0.465 e. The topological polar surface area (TPSA) is 52.6 Å². The molecule has 14 heavy (non-hydrogen) atoms. The van der Waals surface area contributed by atoms with Gasteiger partial charge in [0.15, 0.2) is 5.57 Å². The summed E-state index contributed by atoms with van der Waals surface area (Å²) in [6, 6.07) is 0. The van der Waals surface area contributed by atoms with E-state index in [0.29, 0.717) is 5.57 Å². The smallest absolute Gasteiger partial charge is 0.319 e. The van der Waals surface area contributed by atoms with Crippen molar-refractivity contribution in [2.24, 2.45) is 11.8 Å². The fourth-order valence-electron chi connectivity index (χ4n) is 1.29. The minimum Gasteiger partial charge on any atom is -0.465 e. The maximum atomic E-state index is 11.2. The predicted molar refractivity (Wildman–Crippen MR) is 48.1 cm³/mol. The van der Waals surface area contributed by atoms with Crippen LogP contribution in [0.2, 0.25) is 0 Å². The SMILES string of the molecule is [CH+]=C1C(C(=O)OCC)C1C(=O)OCC. The maximum Gasteiger partial charge on any atom is 0.319 e. The lowest BCUT2D eigenvalue weighted by molar-refractivity contribution is -0.150. The quantitative estimate of drug-likeness (QED) is 0.492. The summed E-state index contributed by atoms with van der Waals surface area (Å²) in [5.74, 6) is -2.06. The number of carbonyl (C=O) groups is 2. The van der Waals surface area contributed by atoms with E-state index in [4.69, 9.17) is 16.1 Å². The van der Waals surface area contributed by atoms with Gasteiger partial charge in [-0.2, -0.15) is 0 Å². The summed E-state index contributed by atoms with van der Waals surface area (Å²) in [6.45, 7) is 9.48. The highest BCUT2D eigenvalue weighted by molar-refractivity contribution is 5.94. The minimum atomic E-state index is -0.589. The van der Waals surface area contributed by atoms with E-state index in [2.05, 4.69) is 0 Å². The van der Waals surface area contributed by atoms with E-state index in [1.807, 2.05) is 0 Å². The Hall–Kier alpha value is -1.41. The molecule has 0 N–H and O–H groups in total. The molecular formula is C10H13O4+. The summed E-state index contributed by atoms with van der Waals surface area (Å²) in [4.78, 5) is 22.4. The second-order valence-electron chi connectivity index (χ2n) is 2.96. The monoisotopic (exact) mass is 197 g/mol. The zero-order valence-corrected chi connectivity index (χ0v) is 8.28. The van der Waals surface area contributed by atoms with Crippen molar-refractivity contribution >= 4 is 11.9 Å². The number of rotatable bonds is 4. The summed E-state index contributed by atoms with van der Waals surface area (Å²) in [5, 5.41) is 0. The number of esters is 2. The van der Waals surface area contributed by atoms with E-state index in [-0.39, 0.29) is 13.2 Å². The van der Waals surface area contributed by atoms with Crippen molar-refractivity contribution in [1.29, 1.82) is 0 Å². The van der Waals surface area contributed by atoms with Gasteiger partial charge in [0.25, 0.3) is 0 Å². The molecule has 4 nitrogen and oxygen atoms in total. The molecule has 1 fully saturated rings. The van der Waals surface area contributed by atoms with Crippen molar-refractivity contribution in [3.8, 4) is 0 Å². The van der Waals surface area contributed by atoms with E-state index in [1.165, 1.54) is 0 Å².